The molecule has 4 atom stereocenters. The van der Waals surface area contributed by atoms with Crippen molar-refractivity contribution < 1.29 is 29.1 Å². The summed E-state index contributed by atoms with van der Waals surface area (Å²) in [4.78, 5) is 64.9. The molecule has 36 heavy (non-hydrogen) atoms. The van der Waals surface area contributed by atoms with Crippen molar-refractivity contribution >= 4 is 35.6 Å². The quantitative estimate of drug-likeness (QED) is 0.0598. The Balaban J connectivity index is 5.43. The van der Waals surface area contributed by atoms with Crippen LogP contribution in [0, 0.1) is 11.8 Å². The van der Waals surface area contributed by atoms with Gasteiger partial charge in [-0.1, -0.05) is 27.7 Å². The first-order valence-corrected chi connectivity index (χ1v) is 11.9. The van der Waals surface area contributed by atoms with Crippen LogP contribution in [0.25, 0.3) is 0 Å². The maximum absolute atomic E-state index is 13.1. The highest BCUT2D eigenvalue weighted by molar-refractivity contribution is 5.94. The highest BCUT2D eigenvalue weighted by Crippen LogP contribution is 2.10. The van der Waals surface area contributed by atoms with Gasteiger partial charge in [0.15, 0.2) is 5.96 Å². The van der Waals surface area contributed by atoms with Crippen LogP contribution in [0.5, 0.6) is 0 Å². The summed E-state index contributed by atoms with van der Waals surface area (Å²) in [6.45, 7) is 7.67. The SMILES string of the molecule is CC(C)CC(NC(=O)C(N)CCCN=C(N)N)C(=O)NC(CC(C)C)C(=O)NC(CC(N)=O)C(=O)O. The summed E-state index contributed by atoms with van der Waals surface area (Å²) in [6, 6.07) is -4.53. The Hall–Kier alpha value is -3.42. The third-order valence-corrected chi connectivity index (χ3v) is 5.00. The predicted molar refractivity (Wildman–Crippen MR) is 134 cm³/mol. The monoisotopic (exact) mass is 514 g/mol. The lowest BCUT2D eigenvalue weighted by molar-refractivity contribution is -0.144. The van der Waals surface area contributed by atoms with E-state index in [-0.39, 0.29) is 37.1 Å². The number of carbonyl (C=O) groups is 5. The summed E-state index contributed by atoms with van der Waals surface area (Å²) < 4.78 is 0. The van der Waals surface area contributed by atoms with Gasteiger partial charge in [-0.15, -0.1) is 0 Å². The Morgan fingerprint density at radius 1 is 0.778 bits per heavy atom. The van der Waals surface area contributed by atoms with Crippen molar-refractivity contribution in [2.24, 2.45) is 39.8 Å². The second-order valence-corrected chi connectivity index (χ2v) is 9.51. The molecule has 0 bridgehead atoms. The van der Waals surface area contributed by atoms with Crippen molar-refractivity contribution in [1.82, 2.24) is 16.0 Å². The van der Waals surface area contributed by atoms with E-state index in [9.17, 15) is 29.1 Å². The summed E-state index contributed by atoms with van der Waals surface area (Å²) in [5, 5.41) is 16.7. The van der Waals surface area contributed by atoms with Gasteiger partial charge in [0.05, 0.1) is 12.5 Å². The predicted octanol–water partition coefficient (Wildman–Crippen LogP) is -2.13. The van der Waals surface area contributed by atoms with E-state index in [1.54, 1.807) is 0 Å². The van der Waals surface area contributed by atoms with Gasteiger partial charge in [-0.2, -0.15) is 0 Å². The normalized spacial score (nSPS) is 14.3. The van der Waals surface area contributed by atoms with E-state index in [1.807, 2.05) is 27.7 Å². The number of carbonyl (C=O) groups excluding carboxylic acids is 4. The number of carboxylic acids is 1. The van der Waals surface area contributed by atoms with Gasteiger partial charge in [-0.3, -0.25) is 24.2 Å². The number of nitrogens with two attached hydrogens (primary N) is 4. The minimum atomic E-state index is -1.54. The van der Waals surface area contributed by atoms with Gasteiger partial charge in [0.25, 0.3) is 0 Å². The van der Waals surface area contributed by atoms with Crippen LogP contribution >= 0.6 is 0 Å². The van der Waals surface area contributed by atoms with Crippen LogP contribution in [0.15, 0.2) is 4.99 Å². The molecule has 0 aromatic rings. The van der Waals surface area contributed by atoms with Crippen LogP contribution in [0.4, 0.5) is 0 Å². The lowest BCUT2D eigenvalue weighted by Gasteiger charge is -2.26. The average molecular weight is 515 g/mol. The topological polar surface area (TPSA) is 258 Å². The Morgan fingerprint density at radius 3 is 1.61 bits per heavy atom. The molecule has 12 N–H and O–H groups in total. The molecule has 0 heterocycles. The number of amides is 4. The molecule has 0 rings (SSSR count). The van der Waals surface area contributed by atoms with Crippen molar-refractivity contribution in [3.8, 4) is 0 Å². The zero-order valence-electron chi connectivity index (χ0n) is 21.5. The van der Waals surface area contributed by atoms with E-state index in [0.29, 0.717) is 13.0 Å². The number of guanidine groups is 1. The van der Waals surface area contributed by atoms with E-state index < -0.39 is 60.2 Å². The van der Waals surface area contributed by atoms with E-state index in [1.165, 1.54) is 0 Å². The standard InChI is InChI=1S/C22H42N8O6/c1-11(2)8-14(28-18(32)13(23)6-5-7-27-22(25)26)19(33)29-15(9-12(3)4)20(34)30-16(21(35)36)10-17(24)31/h11-16H,5-10,23H2,1-4H3,(H2,24,31)(H,28,32)(H,29,33)(H,30,34)(H,35,36)(H4,25,26,27). The largest absolute Gasteiger partial charge is 0.480 e. The fourth-order valence-electron chi connectivity index (χ4n) is 3.28. The van der Waals surface area contributed by atoms with Gasteiger partial charge in [0.1, 0.15) is 18.1 Å². The summed E-state index contributed by atoms with van der Waals surface area (Å²) in [5.41, 5.74) is 21.5. The van der Waals surface area contributed by atoms with E-state index >= 15 is 0 Å². The maximum Gasteiger partial charge on any atom is 0.326 e. The summed E-state index contributed by atoms with van der Waals surface area (Å²) >= 11 is 0. The van der Waals surface area contributed by atoms with Crippen LogP contribution in [0.2, 0.25) is 0 Å². The number of hydrogen-bond acceptors (Lipinski definition) is 7. The highest BCUT2D eigenvalue weighted by atomic mass is 16.4. The van der Waals surface area contributed by atoms with Crippen molar-refractivity contribution in [3.05, 3.63) is 0 Å². The molecule has 14 nitrogen and oxygen atoms in total. The second-order valence-electron chi connectivity index (χ2n) is 9.51. The minimum Gasteiger partial charge on any atom is -0.480 e. The number of carboxylic acid groups (broad SMARTS) is 1. The molecule has 4 unspecified atom stereocenters. The summed E-state index contributed by atoms with van der Waals surface area (Å²) in [6.07, 6.45) is 0.602. The Kier molecular flexibility index (Phi) is 14.7. The first kappa shape index (κ1) is 32.6. The molecular formula is C22H42N8O6. The summed E-state index contributed by atoms with van der Waals surface area (Å²) in [7, 11) is 0. The van der Waals surface area contributed by atoms with Gasteiger partial charge in [-0.25, -0.2) is 4.79 Å². The van der Waals surface area contributed by atoms with Crippen molar-refractivity contribution in [1.29, 1.82) is 0 Å². The van der Waals surface area contributed by atoms with E-state index in [2.05, 4.69) is 20.9 Å². The molecule has 0 fully saturated rings. The zero-order valence-corrected chi connectivity index (χ0v) is 21.5. The summed E-state index contributed by atoms with van der Waals surface area (Å²) in [5.74, 6) is -4.37. The highest BCUT2D eigenvalue weighted by Gasteiger charge is 2.31. The fraction of sp³-hybridized carbons (Fsp3) is 0.727. The Morgan fingerprint density at radius 2 is 1.22 bits per heavy atom. The number of aliphatic carboxylic acids is 1. The smallest absolute Gasteiger partial charge is 0.326 e. The van der Waals surface area contributed by atoms with Crippen LogP contribution in [0.3, 0.4) is 0 Å². The third-order valence-electron chi connectivity index (χ3n) is 5.00. The molecule has 14 heteroatoms. The number of hydrogen-bond donors (Lipinski definition) is 8. The van der Waals surface area contributed by atoms with Gasteiger partial charge >= 0.3 is 5.97 Å². The van der Waals surface area contributed by atoms with Crippen LogP contribution < -0.4 is 38.9 Å². The van der Waals surface area contributed by atoms with Crippen molar-refractivity contribution in [2.45, 2.75) is 84.0 Å². The first-order valence-electron chi connectivity index (χ1n) is 11.9. The molecule has 0 saturated heterocycles. The maximum atomic E-state index is 13.1. The van der Waals surface area contributed by atoms with E-state index in [4.69, 9.17) is 22.9 Å². The first-order chi connectivity index (χ1) is 16.6. The van der Waals surface area contributed by atoms with Crippen molar-refractivity contribution in [3.63, 3.8) is 0 Å². The molecule has 0 aliphatic carbocycles. The van der Waals surface area contributed by atoms with Crippen LogP contribution in [-0.4, -0.2) is 71.4 Å². The fourth-order valence-corrected chi connectivity index (χ4v) is 3.28. The molecule has 206 valence electrons. The number of nitrogens with one attached hydrogen (secondary N) is 3. The Bertz CT molecular complexity index is 797. The number of rotatable bonds is 17. The molecule has 0 spiro atoms. The third kappa shape index (κ3) is 14.1. The van der Waals surface area contributed by atoms with Gasteiger partial charge in [0, 0.05) is 6.54 Å². The molecular weight excluding hydrogens is 472 g/mol. The molecule has 0 aromatic heterocycles. The van der Waals surface area contributed by atoms with Crippen LogP contribution in [-0.2, 0) is 24.0 Å². The van der Waals surface area contributed by atoms with Crippen LogP contribution in [0.1, 0.15) is 59.8 Å². The number of primary amides is 1. The Labute approximate surface area is 211 Å². The van der Waals surface area contributed by atoms with Gasteiger partial charge in [-0.05, 0) is 37.5 Å². The zero-order chi connectivity index (χ0) is 28.0. The second kappa shape index (κ2) is 16.3. The molecule has 0 aromatic carbocycles. The van der Waals surface area contributed by atoms with E-state index in [0.717, 1.165) is 0 Å². The lowest BCUT2D eigenvalue weighted by atomic mass is 9.99. The number of aliphatic imine (C=N–C) groups is 1. The molecule has 0 radical (unpaired) electrons. The van der Waals surface area contributed by atoms with Gasteiger partial charge in [0.2, 0.25) is 23.6 Å². The number of nitrogens with zero attached hydrogens (tertiary/aromatic N) is 1. The molecule has 0 saturated carbocycles. The van der Waals surface area contributed by atoms with Gasteiger partial charge < -0.3 is 44.0 Å². The molecule has 0 aliphatic rings. The minimum absolute atomic E-state index is 0.0171. The van der Waals surface area contributed by atoms with Crippen molar-refractivity contribution in [2.75, 3.05) is 6.54 Å². The molecule has 0 aliphatic heterocycles. The lowest BCUT2D eigenvalue weighted by Crippen LogP contribution is -2.57. The molecule has 4 amide bonds. The average Bonchev–Trinajstić information content (AvgIpc) is 2.73.